The first-order valence-corrected chi connectivity index (χ1v) is 7.04. The first-order valence-electron chi connectivity index (χ1n) is 6.29. The molecule has 6 heteroatoms. The van der Waals surface area contributed by atoms with Gasteiger partial charge in [0, 0.05) is 12.6 Å². The Kier molecular flexibility index (Phi) is 4.21. The molecule has 0 aromatic heterocycles. The summed E-state index contributed by atoms with van der Waals surface area (Å²) in [7, 11) is 0. The molecular formula is C13H16Cl2N2O2. The maximum Gasteiger partial charge on any atom is 0.293 e. The highest BCUT2D eigenvalue weighted by Gasteiger charge is 2.29. The van der Waals surface area contributed by atoms with Gasteiger partial charge in [-0.05, 0) is 24.3 Å². The van der Waals surface area contributed by atoms with Crippen molar-refractivity contribution in [2.24, 2.45) is 5.41 Å². The average Bonchev–Trinajstić information content (AvgIpc) is 2.77. The molecule has 1 fully saturated rings. The van der Waals surface area contributed by atoms with Crippen molar-refractivity contribution in [3.05, 3.63) is 32.3 Å². The minimum absolute atomic E-state index is 0.0315. The molecule has 0 bridgehead atoms. The number of nitro groups is 1. The molecule has 1 aliphatic carbocycles. The van der Waals surface area contributed by atoms with Crippen molar-refractivity contribution in [3.63, 3.8) is 0 Å². The van der Waals surface area contributed by atoms with Crippen molar-refractivity contribution < 1.29 is 4.92 Å². The second-order valence-corrected chi connectivity index (χ2v) is 6.23. The van der Waals surface area contributed by atoms with Crippen LogP contribution in [0.3, 0.4) is 0 Å². The van der Waals surface area contributed by atoms with E-state index in [0.29, 0.717) is 17.3 Å². The number of halogens is 2. The minimum atomic E-state index is -0.443. The van der Waals surface area contributed by atoms with Crippen LogP contribution in [0.15, 0.2) is 12.1 Å². The zero-order valence-electron chi connectivity index (χ0n) is 10.7. The lowest BCUT2D eigenvalue weighted by atomic mass is 9.89. The summed E-state index contributed by atoms with van der Waals surface area (Å²) in [6, 6.07) is 2.82. The van der Waals surface area contributed by atoms with E-state index in [4.69, 9.17) is 23.2 Å². The Morgan fingerprint density at radius 1 is 1.32 bits per heavy atom. The van der Waals surface area contributed by atoms with Gasteiger partial charge in [0.2, 0.25) is 0 Å². The molecule has 0 amide bonds. The molecule has 1 aromatic carbocycles. The monoisotopic (exact) mass is 302 g/mol. The van der Waals surface area contributed by atoms with Crippen LogP contribution >= 0.6 is 23.2 Å². The molecule has 0 unspecified atom stereocenters. The van der Waals surface area contributed by atoms with E-state index in [0.717, 1.165) is 12.8 Å². The van der Waals surface area contributed by atoms with Crippen molar-refractivity contribution in [1.29, 1.82) is 0 Å². The van der Waals surface area contributed by atoms with Gasteiger partial charge in [-0.3, -0.25) is 10.1 Å². The largest absolute Gasteiger partial charge is 0.379 e. The molecule has 0 heterocycles. The van der Waals surface area contributed by atoms with Gasteiger partial charge in [0.05, 0.1) is 15.0 Å². The zero-order valence-corrected chi connectivity index (χ0v) is 12.2. The number of rotatable bonds is 4. The fraction of sp³-hybridized carbons (Fsp3) is 0.538. The molecule has 1 saturated carbocycles. The van der Waals surface area contributed by atoms with Crippen LogP contribution in [-0.4, -0.2) is 11.5 Å². The number of benzene rings is 1. The van der Waals surface area contributed by atoms with Crippen LogP contribution in [0.5, 0.6) is 0 Å². The van der Waals surface area contributed by atoms with Crippen molar-refractivity contribution >= 4 is 34.6 Å². The van der Waals surface area contributed by atoms with Crippen molar-refractivity contribution in [3.8, 4) is 0 Å². The Morgan fingerprint density at radius 3 is 2.47 bits per heavy atom. The highest BCUT2D eigenvalue weighted by atomic mass is 35.5. The van der Waals surface area contributed by atoms with E-state index in [1.807, 2.05) is 0 Å². The summed E-state index contributed by atoms with van der Waals surface area (Å²) < 4.78 is 0. The van der Waals surface area contributed by atoms with Gasteiger partial charge in [-0.25, -0.2) is 0 Å². The zero-order chi connectivity index (χ0) is 14.0. The lowest BCUT2D eigenvalue weighted by molar-refractivity contribution is -0.383. The van der Waals surface area contributed by atoms with Crippen molar-refractivity contribution in [1.82, 2.24) is 0 Å². The van der Waals surface area contributed by atoms with Gasteiger partial charge in [-0.2, -0.15) is 0 Å². The molecule has 1 N–H and O–H groups in total. The van der Waals surface area contributed by atoms with Crippen molar-refractivity contribution in [2.75, 3.05) is 11.9 Å². The van der Waals surface area contributed by atoms with Gasteiger partial charge >= 0.3 is 0 Å². The molecule has 2 rings (SSSR count). The van der Waals surface area contributed by atoms with E-state index < -0.39 is 4.92 Å². The molecule has 1 aliphatic rings. The van der Waals surface area contributed by atoms with E-state index in [9.17, 15) is 10.1 Å². The van der Waals surface area contributed by atoms with E-state index >= 15 is 0 Å². The van der Waals surface area contributed by atoms with Gasteiger partial charge in [0.1, 0.15) is 5.69 Å². The first-order chi connectivity index (χ1) is 8.91. The number of nitrogens with one attached hydrogen (secondary N) is 1. The summed E-state index contributed by atoms with van der Waals surface area (Å²) in [4.78, 5) is 10.6. The van der Waals surface area contributed by atoms with Crippen LogP contribution in [0.25, 0.3) is 0 Å². The van der Waals surface area contributed by atoms with Crippen LogP contribution in [0.2, 0.25) is 10.0 Å². The van der Waals surface area contributed by atoms with Crippen molar-refractivity contribution in [2.45, 2.75) is 32.6 Å². The molecule has 1 aromatic rings. The normalized spacial score (nSPS) is 17.4. The Morgan fingerprint density at radius 2 is 1.89 bits per heavy atom. The molecule has 0 radical (unpaired) electrons. The van der Waals surface area contributed by atoms with E-state index in [1.165, 1.54) is 25.0 Å². The number of hydrogen-bond donors (Lipinski definition) is 1. The fourth-order valence-corrected chi connectivity index (χ4v) is 2.86. The first kappa shape index (κ1) is 14.4. The van der Waals surface area contributed by atoms with Gasteiger partial charge < -0.3 is 5.32 Å². The quantitative estimate of drug-likeness (QED) is 0.636. The van der Waals surface area contributed by atoms with Gasteiger partial charge in [0.15, 0.2) is 0 Å². The van der Waals surface area contributed by atoms with E-state index in [-0.39, 0.29) is 16.1 Å². The lowest BCUT2D eigenvalue weighted by Gasteiger charge is -2.24. The van der Waals surface area contributed by atoms with Gasteiger partial charge in [0.25, 0.3) is 5.69 Å². The van der Waals surface area contributed by atoms with Gasteiger partial charge in [-0.15, -0.1) is 0 Å². The predicted molar refractivity (Wildman–Crippen MR) is 78.2 cm³/mol. The van der Waals surface area contributed by atoms with Crippen LogP contribution < -0.4 is 5.32 Å². The summed E-state index contributed by atoms with van der Waals surface area (Å²) in [5.41, 5.74) is 0.614. The molecule has 19 heavy (non-hydrogen) atoms. The SMILES string of the molecule is CC1(CNc2cc(Cl)c(Cl)cc2[N+](=O)[O-])CCCC1. The predicted octanol–water partition coefficient (Wildman–Crippen LogP) is 4.89. The molecule has 0 atom stereocenters. The Labute approximate surface area is 122 Å². The smallest absolute Gasteiger partial charge is 0.293 e. The summed E-state index contributed by atoms with van der Waals surface area (Å²) in [5, 5.41) is 14.7. The Hall–Kier alpha value is -1.00. The molecule has 0 aliphatic heterocycles. The second-order valence-electron chi connectivity index (χ2n) is 5.41. The Bertz CT molecular complexity index is 500. The highest BCUT2D eigenvalue weighted by Crippen LogP contribution is 2.39. The summed E-state index contributed by atoms with van der Waals surface area (Å²) in [6.07, 6.45) is 4.74. The average molecular weight is 303 g/mol. The van der Waals surface area contributed by atoms with E-state index in [2.05, 4.69) is 12.2 Å². The van der Waals surface area contributed by atoms with Crippen LogP contribution in [0.1, 0.15) is 32.6 Å². The maximum absolute atomic E-state index is 11.0. The molecule has 0 spiro atoms. The lowest BCUT2D eigenvalue weighted by Crippen LogP contribution is -2.23. The molecule has 104 valence electrons. The minimum Gasteiger partial charge on any atom is -0.379 e. The second kappa shape index (κ2) is 5.55. The number of nitro benzene ring substituents is 1. The fourth-order valence-electron chi connectivity index (χ4n) is 2.54. The molecular weight excluding hydrogens is 287 g/mol. The third-order valence-electron chi connectivity index (χ3n) is 3.75. The third-order valence-corrected chi connectivity index (χ3v) is 4.47. The van der Waals surface area contributed by atoms with Crippen LogP contribution in [0, 0.1) is 15.5 Å². The number of hydrogen-bond acceptors (Lipinski definition) is 3. The van der Waals surface area contributed by atoms with Crippen LogP contribution in [-0.2, 0) is 0 Å². The summed E-state index contributed by atoms with van der Waals surface area (Å²) in [6.45, 7) is 2.92. The standard InChI is InChI=1S/C13H16Cl2N2O2/c1-13(4-2-3-5-13)8-16-11-6-9(14)10(15)7-12(11)17(18)19/h6-7,16H,2-5,8H2,1H3. The van der Waals surface area contributed by atoms with E-state index in [1.54, 1.807) is 0 Å². The number of nitrogens with zero attached hydrogens (tertiary/aromatic N) is 1. The van der Waals surface area contributed by atoms with Gasteiger partial charge in [-0.1, -0.05) is 43.0 Å². The molecule has 4 nitrogen and oxygen atoms in total. The highest BCUT2D eigenvalue weighted by molar-refractivity contribution is 6.42. The summed E-state index contributed by atoms with van der Waals surface area (Å²) >= 11 is 11.7. The van der Waals surface area contributed by atoms with Crippen LogP contribution in [0.4, 0.5) is 11.4 Å². The summed E-state index contributed by atoms with van der Waals surface area (Å²) in [5.74, 6) is 0. The topological polar surface area (TPSA) is 55.2 Å². The molecule has 0 saturated heterocycles. The number of anilines is 1. The Balaban J connectivity index is 2.19. The maximum atomic E-state index is 11.0. The third kappa shape index (κ3) is 3.31.